The zero-order valence-corrected chi connectivity index (χ0v) is 14.6. The molecule has 0 aromatic carbocycles. The van der Waals surface area contributed by atoms with Gasteiger partial charge >= 0.3 is 0 Å². The van der Waals surface area contributed by atoms with E-state index in [1.165, 1.54) is 0 Å². The molecule has 1 amide bonds. The van der Waals surface area contributed by atoms with Gasteiger partial charge in [-0.05, 0) is 45.4 Å². The van der Waals surface area contributed by atoms with Gasteiger partial charge in [-0.3, -0.25) is 9.69 Å². The molecule has 7 nitrogen and oxygen atoms in total. The molecular weight excluding hydrogens is 306 g/mol. The number of carbonyl (C=O) groups is 1. The average molecular weight is 331 g/mol. The van der Waals surface area contributed by atoms with E-state index in [2.05, 4.69) is 15.0 Å². The van der Waals surface area contributed by atoms with Gasteiger partial charge in [0.15, 0.2) is 0 Å². The molecule has 1 atom stereocenters. The van der Waals surface area contributed by atoms with E-state index in [0.717, 1.165) is 43.3 Å². The van der Waals surface area contributed by atoms with Gasteiger partial charge in [0.1, 0.15) is 17.4 Å². The van der Waals surface area contributed by atoms with Gasteiger partial charge in [-0.2, -0.15) is 5.10 Å². The quantitative estimate of drug-likeness (QED) is 0.804. The smallest absolute Gasteiger partial charge is 0.236 e. The molecule has 24 heavy (non-hydrogen) atoms. The Hall–Kier alpha value is -2.15. The predicted molar refractivity (Wildman–Crippen MR) is 89.3 cm³/mol. The standard InChI is InChI=1S/C17H25N5O2/c1-13-18-14(2)22(19-13)10-15-6-4-8-21(15)12-17(23)20(3)11-16-7-5-9-24-16/h5,7,9,15H,4,6,8,10-12H2,1-3H3/t15-/m0/s1. The highest BCUT2D eigenvalue weighted by Gasteiger charge is 2.28. The van der Waals surface area contributed by atoms with Crippen LogP contribution in [-0.4, -0.2) is 56.7 Å². The SMILES string of the molecule is Cc1nc(C)n(C[C@@H]2CCCN2CC(=O)N(C)Cc2ccco2)n1. The maximum Gasteiger partial charge on any atom is 0.236 e. The van der Waals surface area contributed by atoms with E-state index in [1.807, 2.05) is 37.7 Å². The van der Waals surface area contributed by atoms with Gasteiger partial charge in [0.25, 0.3) is 0 Å². The molecule has 1 fully saturated rings. The van der Waals surface area contributed by atoms with Crippen LogP contribution in [0.25, 0.3) is 0 Å². The van der Waals surface area contributed by atoms with Gasteiger partial charge in [0, 0.05) is 13.1 Å². The highest BCUT2D eigenvalue weighted by Crippen LogP contribution is 2.19. The summed E-state index contributed by atoms with van der Waals surface area (Å²) in [6.45, 7) is 6.57. The third-order valence-electron chi connectivity index (χ3n) is 4.58. The van der Waals surface area contributed by atoms with Crippen molar-refractivity contribution in [3.05, 3.63) is 35.8 Å². The van der Waals surface area contributed by atoms with Crippen LogP contribution in [0.3, 0.4) is 0 Å². The number of likely N-dealkylation sites (N-methyl/N-ethyl adjacent to an activating group) is 1. The molecule has 0 spiro atoms. The number of rotatable bonds is 6. The summed E-state index contributed by atoms with van der Waals surface area (Å²) in [6.07, 6.45) is 3.84. The first-order chi connectivity index (χ1) is 11.5. The van der Waals surface area contributed by atoms with E-state index in [4.69, 9.17) is 4.42 Å². The number of aromatic nitrogens is 3. The number of amides is 1. The van der Waals surface area contributed by atoms with Crippen molar-refractivity contribution in [2.45, 2.75) is 45.8 Å². The molecular formula is C17H25N5O2. The second-order valence-electron chi connectivity index (χ2n) is 6.48. The van der Waals surface area contributed by atoms with Crippen LogP contribution in [0.15, 0.2) is 22.8 Å². The van der Waals surface area contributed by atoms with Gasteiger partial charge in [0.05, 0.1) is 25.9 Å². The molecule has 2 aromatic heterocycles. The third-order valence-corrected chi connectivity index (χ3v) is 4.58. The molecule has 3 rings (SSSR count). The topological polar surface area (TPSA) is 67.4 Å². The fraction of sp³-hybridized carbons (Fsp3) is 0.588. The van der Waals surface area contributed by atoms with E-state index < -0.39 is 0 Å². The highest BCUT2D eigenvalue weighted by atomic mass is 16.3. The first kappa shape index (κ1) is 16.7. The summed E-state index contributed by atoms with van der Waals surface area (Å²) in [5.41, 5.74) is 0. The summed E-state index contributed by atoms with van der Waals surface area (Å²) in [5, 5.41) is 4.44. The van der Waals surface area contributed by atoms with E-state index >= 15 is 0 Å². The molecule has 3 heterocycles. The van der Waals surface area contributed by atoms with E-state index in [-0.39, 0.29) is 5.91 Å². The van der Waals surface area contributed by atoms with E-state index in [9.17, 15) is 4.79 Å². The Morgan fingerprint density at radius 2 is 2.29 bits per heavy atom. The van der Waals surface area contributed by atoms with Crippen LogP contribution in [0, 0.1) is 13.8 Å². The van der Waals surface area contributed by atoms with Gasteiger partial charge in [-0.25, -0.2) is 9.67 Å². The Kier molecular flexibility index (Phi) is 4.99. The summed E-state index contributed by atoms with van der Waals surface area (Å²) in [5.74, 6) is 2.65. The number of nitrogens with zero attached hydrogens (tertiary/aromatic N) is 5. The van der Waals surface area contributed by atoms with Crippen molar-refractivity contribution < 1.29 is 9.21 Å². The molecule has 130 valence electrons. The number of carbonyl (C=O) groups excluding carboxylic acids is 1. The minimum absolute atomic E-state index is 0.116. The van der Waals surface area contributed by atoms with Gasteiger partial charge in [-0.15, -0.1) is 0 Å². The molecule has 7 heteroatoms. The fourth-order valence-electron chi connectivity index (χ4n) is 3.26. The normalized spacial score (nSPS) is 18.2. The second kappa shape index (κ2) is 7.17. The molecule has 0 saturated carbocycles. The summed E-state index contributed by atoms with van der Waals surface area (Å²) in [6, 6.07) is 4.07. The molecule has 1 aliphatic heterocycles. The lowest BCUT2D eigenvalue weighted by molar-refractivity contribution is -0.132. The molecule has 0 bridgehead atoms. The Morgan fingerprint density at radius 1 is 1.46 bits per heavy atom. The largest absolute Gasteiger partial charge is 0.467 e. The molecule has 0 radical (unpaired) electrons. The van der Waals surface area contributed by atoms with Crippen molar-refractivity contribution in [1.82, 2.24) is 24.6 Å². The fourth-order valence-corrected chi connectivity index (χ4v) is 3.26. The number of hydrogen-bond donors (Lipinski definition) is 0. The Labute approximate surface area is 142 Å². The first-order valence-corrected chi connectivity index (χ1v) is 8.41. The van der Waals surface area contributed by atoms with Crippen molar-refractivity contribution in [1.29, 1.82) is 0 Å². The first-order valence-electron chi connectivity index (χ1n) is 8.41. The molecule has 0 aliphatic carbocycles. The Balaban J connectivity index is 1.57. The van der Waals surface area contributed by atoms with E-state index in [0.29, 0.717) is 19.1 Å². The highest BCUT2D eigenvalue weighted by molar-refractivity contribution is 5.78. The second-order valence-corrected chi connectivity index (χ2v) is 6.48. The van der Waals surface area contributed by atoms with Crippen molar-refractivity contribution in [2.75, 3.05) is 20.1 Å². The van der Waals surface area contributed by atoms with Crippen LogP contribution in [-0.2, 0) is 17.9 Å². The van der Waals surface area contributed by atoms with Crippen LogP contribution in [0.2, 0.25) is 0 Å². The van der Waals surface area contributed by atoms with Gasteiger partial charge in [0.2, 0.25) is 5.91 Å². The van der Waals surface area contributed by atoms with Gasteiger partial charge in [-0.1, -0.05) is 0 Å². The number of hydrogen-bond acceptors (Lipinski definition) is 5. The van der Waals surface area contributed by atoms with Crippen molar-refractivity contribution in [3.63, 3.8) is 0 Å². The van der Waals surface area contributed by atoms with Crippen molar-refractivity contribution in [3.8, 4) is 0 Å². The van der Waals surface area contributed by atoms with Crippen LogP contribution in [0.5, 0.6) is 0 Å². The number of aryl methyl sites for hydroxylation is 2. The van der Waals surface area contributed by atoms with E-state index in [1.54, 1.807) is 11.2 Å². The Bertz CT molecular complexity index is 679. The number of furan rings is 1. The minimum Gasteiger partial charge on any atom is -0.467 e. The lowest BCUT2D eigenvalue weighted by Gasteiger charge is -2.26. The average Bonchev–Trinajstić information content (AvgIpc) is 3.24. The van der Waals surface area contributed by atoms with Crippen LogP contribution in [0.4, 0.5) is 0 Å². The van der Waals surface area contributed by atoms with Gasteiger partial charge < -0.3 is 9.32 Å². The number of likely N-dealkylation sites (tertiary alicyclic amines) is 1. The monoisotopic (exact) mass is 331 g/mol. The molecule has 1 aliphatic rings. The predicted octanol–water partition coefficient (Wildman–Crippen LogP) is 1.61. The maximum atomic E-state index is 12.5. The van der Waals surface area contributed by atoms with Crippen molar-refractivity contribution in [2.24, 2.45) is 0 Å². The molecule has 2 aromatic rings. The van der Waals surface area contributed by atoms with Crippen LogP contribution in [0.1, 0.15) is 30.3 Å². The molecule has 0 unspecified atom stereocenters. The summed E-state index contributed by atoms with van der Waals surface area (Å²) < 4.78 is 7.27. The summed E-state index contributed by atoms with van der Waals surface area (Å²) in [7, 11) is 1.82. The lowest BCUT2D eigenvalue weighted by atomic mass is 10.2. The third kappa shape index (κ3) is 3.84. The van der Waals surface area contributed by atoms with Crippen LogP contribution < -0.4 is 0 Å². The van der Waals surface area contributed by atoms with Crippen LogP contribution >= 0.6 is 0 Å². The molecule has 1 saturated heterocycles. The van der Waals surface area contributed by atoms with Crippen molar-refractivity contribution >= 4 is 5.91 Å². The Morgan fingerprint density at radius 3 is 2.96 bits per heavy atom. The summed E-state index contributed by atoms with van der Waals surface area (Å²) >= 11 is 0. The minimum atomic E-state index is 0.116. The summed E-state index contributed by atoms with van der Waals surface area (Å²) in [4.78, 5) is 20.8. The lowest BCUT2D eigenvalue weighted by Crippen LogP contribution is -2.42. The zero-order chi connectivity index (χ0) is 17.1. The molecule has 0 N–H and O–H groups in total. The zero-order valence-electron chi connectivity index (χ0n) is 14.6. The maximum absolute atomic E-state index is 12.5.